The van der Waals surface area contributed by atoms with Crippen LogP contribution in [-0.2, 0) is 10.8 Å². The molecule has 0 amide bonds. The molecule has 0 fully saturated rings. The number of halogens is 1. The molecule has 2 aliphatic carbocycles. The molecule has 0 bridgehead atoms. The maximum Gasteiger partial charge on any atom is 0.569 e. The quantitative estimate of drug-likeness (QED) is 0.127. The van der Waals surface area contributed by atoms with Gasteiger partial charge in [-0.1, -0.05) is 323 Å². The second-order valence-corrected chi connectivity index (χ2v) is 26.8. The maximum absolute atomic E-state index is 9.04. The van der Waals surface area contributed by atoms with Crippen molar-refractivity contribution in [2.45, 2.75) is 38.5 Å². The summed E-state index contributed by atoms with van der Waals surface area (Å²) >= 11 is 3.62. The van der Waals surface area contributed by atoms with Gasteiger partial charge in [-0.15, -0.1) is 0 Å². The fourth-order valence-corrected chi connectivity index (χ4v) is 15.9. The van der Waals surface area contributed by atoms with Crippen molar-refractivity contribution < 1.29 is 9.68 Å². The van der Waals surface area contributed by atoms with Crippen molar-refractivity contribution in [2.24, 2.45) is 0 Å². The first-order chi connectivity index (χ1) is 46.0. The van der Waals surface area contributed by atoms with Crippen LogP contribution in [0.4, 0.5) is 0 Å². The molecule has 0 atom stereocenters. The first-order valence-corrected chi connectivity index (χ1v) is 33.2. The highest BCUT2D eigenvalue weighted by Crippen LogP contribution is 2.54. The molecule has 0 heterocycles. The summed E-state index contributed by atoms with van der Waals surface area (Å²) in [7, 11) is 0.716. The first kappa shape index (κ1) is 58.5. The molecular weight excluding hydrogens is 1200 g/mol. The molecule has 16 aromatic carbocycles. The zero-order chi connectivity index (χ0) is 63.7. The van der Waals surface area contributed by atoms with Crippen molar-refractivity contribution in [1.82, 2.24) is 0 Å². The third-order valence-electron chi connectivity index (χ3n) is 19.9. The van der Waals surface area contributed by atoms with Crippen LogP contribution in [-0.4, -0.2) is 12.7 Å². The molecule has 0 unspecified atom stereocenters. The Balaban J connectivity index is 0.000000122. The van der Waals surface area contributed by atoms with E-state index in [-0.39, 0.29) is 10.8 Å². The molecule has 2 nitrogen and oxygen atoms in total. The Bertz CT molecular complexity index is 5540. The minimum atomic E-state index is -0.0343. The lowest BCUT2D eigenvalue weighted by atomic mass is 9.81. The van der Waals surface area contributed by atoms with E-state index in [2.05, 4.69) is 335 Å². The van der Waals surface area contributed by atoms with Crippen LogP contribution < -0.4 is 4.65 Å². The van der Waals surface area contributed by atoms with E-state index < -0.39 is 0 Å². The van der Waals surface area contributed by atoms with Crippen molar-refractivity contribution in [1.29, 1.82) is 0 Å². The maximum atomic E-state index is 9.04. The molecule has 0 saturated carbocycles. The van der Waals surface area contributed by atoms with Crippen LogP contribution in [0.1, 0.15) is 49.9 Å². The van der Waals surface area contributed by atoms with Gasteiger partial charge in [0.2, 0.25) is 0 Å². The minimum absolute atomic E-state index is 0.0343. The predicted octanol–water partition coefficient (Wildman–Crippen LogP) is 24.6. The lowest BCUT2D eigenvalue weighted by Crippen LogP contribution is -2.14. The SMILES string of the molecule is CC1(C)c2ccc(-c3cccc(-c4c5ccccc5c(-c5ccccc5)c5ccccc45)c3)cc2-c2c1ccc1ccccc21.CC1(C)c2ccc(Br)cc2-c2c1ccc1ccccc21.O[B]Oc1cccc(-c2c3ccccc3c(-c3ccccc3)c3ccccc23)c1. The van der Waals surface area contributed by atoms with Gasteiger partial charge >= 0.3 is 7.69 Å². The molecule has 0 aliphatic heterocycles. The summed E-state index contributed by atoms with van der Waals surface area (Å²) < 4.78 is 6.36. The molecule has 0 aromatic heterocycles. The molecule has 94 heavy (non-hydrogen) atoms. The van der Waals surface area contributed by atoms with Crippen LogP contribution in [0.2, 0.25) is 0 Å². The summed E-state index contributed by atoms with van der Waals surface area (Å²) in [6.45, 7) is 9.37. The van der Waals surface area contributed by atoms with E-state index in [1.54, 1.807) is 0 Å². The van der Waals surface area contributed by atoms with Crippen LogP contribution in [0.5, 0.6) is 5.75 Å². The highest BCUT2D eigenvalue weighted by Gasteiger charge is 2.38. The van der Waals surface area contributed by atoms with Crippen LogP contribution in [0, 0.1) is 0 Å². The molecule has 16 aromatic rings. The molecule has 0 saturated heterocycles. The zero-order valence-corrected chi connectivity index (χ0v) is 54.4. The topological polar surface area (TPSA) is 29.5 Å². The molecule has 1 radical (unpaired) electrons. The third-order valence-corrected chi connectivity index (χ3v) is 20.4. The van der Waals surface area contributed by atoms with Gasteiger partial charge in [-0.2, -0.15) is 0 Å². The predicted molar refractivity (Wildman–Crippen MR) is 403 cm³/mol. The molecule has 2 aliphatic rings. The Hall–Kier alpha value is -10.6. The van der Waals surface area contributed by atoms with E-state index in [9.17, 15) is 0 Å². The molecule has 447 valence electrons. The fourth-order valence-electron chi connectivity index (χ4n) is 15.5. The molecule has 18 rings (SSSR count). The van der Waals surface area contributed by atoms with Gasteiger partial charge in [-0.25, -0.2) is 0 Å². The lowest BCUT2D eigenvalue weighted by molar-refractivity contribution is 0.454. The van der Waals surface area contributed by atoms with Crippen molar-refractivity contribution >= 4 is 88.2 Å². The number of benzene rings is 16. The second kappa shape index (κ2) is 23.8. The number of hydrogen-bond acceptors (Lipinski definition) is 2. The van der Waals surface area contributed by atoms with Gasteiger partial charge in [0.05, 0.1) is 0 Å². The molecule has 4 heteroatoms. The second-order valence-electron chi connectivity index (χ2n) is 25.9. The average Bonchev–Trinajstić information content (AvgIpc) is 1.45. The van der Waals surface area contributed by atoms with Gasteiger partial charge in [-0.3, -0.25) is 0 Å². The van der Waals surface area contributed by atoms with E-state index in [1.807, 2.05) is 24.3 Å². The molecule has 0 spiro atoms. The van der Waals surface area contributed by atoms with Crippen molar-refractivity contribution in [3.63, 3.8) is 0 Å². The Morgan fingerprint density at radius 3 is 1.04 bits per heavy atom. The monoisotopic (exact) mass is 1270 g/mol. The standard InChI is InChI=1S/C45H32.C26H18BO2.C19H15Br/c1-45(2)40-25-24-32(28-39(40)44-34-18-7-6-13-29(34)23-26-41(44)45)31-16-12-17-33(27-31)43-37-21-10-8-19-35(37)42(30-14-4-3-5-15-30)36-20-9-11-22-38(36)43;28-27-29-20-12-8-11-19(17-20)26-23-15-6-4-13-21(23)25(18-9-2-1-3-10-18)22-14-5-7-16-24(22)26;1-19(2)16-10-8-13(20)11-15(16)18-14-6-4-3-5-12(14)7-9-17(18)19/h3-28H,1-2H3;1-17,28H;3-11H,1-2H3. The van der Waals surface area contributed by atoms with E-state index in [0.717, 1.165) is 10.0 Å². The van der Waals surface area contributed by atoms with Crippen LogP contribution in [0.25, 0.3) is 143 Å². The first-order valence-electron chi connectivity index (χ1n) is 32.4. The van der Waals surface area contributed by atoms with Gasteiger partial charge in [0.1, 0.15) is 5.75 Å². The van der Waals surface area contributed by atoms with Gasteiger partial charge in [0.15, 0.2) is 0 Å². The Morgan fingerprint density at radius 2 is 0.596 bits per heavy atom. The van der Waals surface area contributed by atoms with Crippen LogP contribution >= 0.6 is 15.9 Å². The molecule has 1 N–H and O–H groups in total. The van der Waals surface area contributed by atoms with E-state index in [1.165, 1.54) is 159 Å². The summed E-state index contributed by atoms with van der Waals surface area (Å²) in [5.41, 5.74) is 23.5. The zero-order valence-electron chi connectivity index (χ0n) is 52.8. The third kappa shape index (κ3) is 9.91. The van der Waals surface area contributed by atoms with Gasteiger partial charge in [0, 0.05) is 15.3 Å². The van der Waals surface area contributed by atoms with Gasteiger partial charge in [-0.05, 0) is 201 Å². The summed E-state index contributed by atoms with van der Waals surface area (Å²) in [5, 5.41) is 24.3. The summed E-state index contributed by atoms with van der Waals surface area (Å²) in [6.07, 6.45) is 0. The van der Waals surface area contributed by atoms with Crippen molar-refractivity contribution in [2.75, 3.05) is 0 Å². The van der Waals surface area contributed by atoms with Crippen LogP contribution in [0.15, 0.2) is 320 Å². The lowest BCUT2D eigenvalue weighted by Gasteiger charge is -2.21. The van der Waals surface area contributed by atoms with E-state index in [0.29, 0.717) is 13.4 Å². The van der Waals surface area contributed by atoms with Crippen molar-refractivity contribution in [3.05, 3.63) is 342 Å². The normalized spacial score (nSPS) is 13.0. The number of fused-ring (bicyclic) bond motifs is 14. The van der Waals surface area contributed by atoms with Gasteiger partial charge in [0.25, 0.3) is 0 Å². The largest absolute Gasteiger partial charge is 0.569 e. The average molecular weight is 1270 g/mol. The smallest absolute Gasteiger partial charge is 0.537 e. The van der Waals surface area contributed by atoms with E-state index >= 15 is 0 Å². The number of hydrogen-bond donors (Lipinski definition) is 1. The Morgan fingerprint density at radius 1 is 0.266 bits per heavy atom. The highest BCUT2D eigenvalue weighted by atomic mass is 79.9. The summed E-state index contributed by atoms with van der Waals surface area (Å²) in [5.74, 6) is 0.602. The van der Waals surface area contributed by atoms with Gasteiger partial charge < -0.3 is 9.68 Å². The highest BCUT2D eigenvalue weighted by molar-refractivity contribution is 9.10. The van der Waals surface area contributed by atoms with Crippen molar-refractivity contribution in [3.8, 4) is 83.6 Å². The fraction of sp³-hybridized carbons (Fsp3) is 0.0667. The Labute approximate surface area is 558 Å². The molecular formula is C90H65BBrO2. The minimum Gasteiger partial charge on any atom is -0.537 e. The summed E-state index contributed by atoms with van der Waals surface area (Å²) in [6, 6.07) is 114. The van der Waals surface area contributed by atoms with E-state index in [4.69, 9.17) is 9.68 Å². The number of rotatable bonds is 7. The summed E-state index contributed by atoms with van der Waals surface area (Å²) in [4.78, 5) is 0. The van der Waals surface area contributed by atoms with Crippen LogP contribution in [0.3, 0.4) is 0 Å². The Kier molecular flexibility index (Phi) is 14.8.